The molecule has 0 heterocycles. The third kappa shape index (κ3) is 4.40. The number of aliphatic hydroxyl groups is 2. The number of aliphatic hydroxyl groups excluding tert-OH is 2. The molecule has 0 saturated carbocycles. The van der Waals surface area contributed by atoms with E-state index >= 15 is 0 Å². The number of amides is 1. The first-order valence-corrected chi connectivity index (χ1v) is 10.2. The van der Waals surface area contributed by atoms with Crippen LogP contribution in [-0.4, -0.2) is 40.7 Å². The Morgan fingerprint density at radius 2 is 1.61 bits per heavy atom. The van der Waals surface area contributed by atoms with Crippen molar-refractivity contribution in [1.29, 1.82) is 0 Å². The van der Waals surface area contributed by atoms with Crippen LogP contribution in [0, 0.1) is 6.92 Å². The van der Waals surface area contributed by atoms with Crippen molar-refractivity contribution in [2.45, 2.75) is 25.0 Å². The van der Waals surface area contributed by atoms with Gasteiger partial charge in [-0.25, -0.2) is 4.79 Å². The Labute approximate surface area is 180 Å². The second kappa shape index (κ2) is 8.79. The maximum Gasteiger partial charge on any atom is 0.407 e. The van der Waals surface area contributed by atoms with Gasteiger partial charge in [0, 0.05) is 12.5 Å². The van der Waals surface area contributed by atoms with Crippen molar-refractivity contribution in [1.82, 2.24) is 5.32 Å². The minimum atomic E-state index is -1.25. The second-order valence-electron chi connectivity index (χ2n) is 7.82. The molecule has 160 valence electrons. The third-order valence-electron chi connectivity index (χ3n) is 5.59. The number of carbonyl (C=O) groups is 1. The summed E-state index contributed by atoms with van der Waals surface area (Å²) in [5.41, 5.74) is 5.65. The number of nitrogens with one attached hydrogen (secondary N) is 1. The van der Waals surface area contributed by atoms with Crippen LogP contribution in [-0.2, 0) is 4.74 Å². The standard InChI is InChI=1S/C25H25NO5/c1-15-10-16(12-17(27)11-15)24(29)23(28)13-26-25(30)31-14-22-20-8-4-2-6-18(20)19-7-3-5-9-21(19)22/h2-12,22-24,27-29H,13-14H2,1H3,(H,26,30). The maximum atomic E-state index is 12.2. The van der Waals surface area contributed by atoms with E-state index in [9.17, 15) is 20.1 Å². The van der Waals surface area contributed by atoms with E-state index in [-0.39, 0.29) is 24.8 Å². The molecule has 0 aromatic heterocycles. The zero-order valence-corrected chi connectivity index (χ0v) is 17.2. The molecule has 6 nitrogen and oxygen atoms in total. The summed E-state index contributed by atoms with van der Waals surface area (Å²) >= 11 is 0. The lowest BCUT2D eigenvalue weighted by Crippen LogP contribution is -2.36. The average molecular weight is 419 g/mol. The van der Waals surface area contributed by atoms with Crippen molar-refractivity contribution in [2.75, 3.05) is 13.2 Å². The summed E-state index contributed by atoms with van der Waals surface area (Å²) in [5.74, 6) is -0.0466. The summed E-state index contributed by atoms with van der Waals surface area (Å²) in [6, 6.07) is 20.7. The highest BCUT2D eigenvalue weighted by Crippen LogP contribution is 2.44. The number of benzene rings is 3. The van der Waals surface area contributed by atoms with Gasteiger partial charge in [-0.05, 0) is 52.4 Å². The molecule has 1 aliphatic carbocycles. The molecule has 0 saturated heterocycles. The van der Waals surface area contributed by atoms with Gasteiger partial charge in [0.05, 0.1) is 0 Å². The highest BCUT2D eigenvalue weighted by Gasteiger charge is 2.29. The Bertz CT molecular complexity index is 1030. The molecule has 4 N–H and O–H groups in total. The molecule has 0 bridgehead atoms. The number of hydrogen-bond acceptors (Lipinski definition) is 5. The first-order valence-electron chi connectivity index (χ1n) is 10.2. The highest BCUT2D eigenvalue weighted by molar-refractivity contribution is 5.79. The van der Waals surface area contributed by atoms with Crippen LogP contribution in [0.5, 0.6) is 5.75 Å². The van der Waals surface area contributed by atoms with Gasteiger partial charge < -0.3 is 25.4 Å². The smallest absolute Gasteiger partial charge is 0.407 e. The predicted octanol–water partition coefficient (Wildman–Crippen LogP) is 3.63. The fourth-order valence-corrected chi connectivity index (χ4v) is 4.13. The van der Waals surface area contributed by atoms with E-state index in [1.165, 1.54) is 6.07 Å². The summed E-state index contributed by atoms with van der Waals surface area (Å²) in [5, 5.41) is 32.7. The van der Waals surface area contributed by atoms with Crippen molar-refractivity contribution < 1.29 is 24.9 Å². The Morgan fingerprint density at radius 3 is 2.23 bits per heavy atom. The van der Waals surface area contributed by atoms with Gasteiger partial charge in [-0.1, -0.05) is 54.6 Å². The van der Waals surface area contributed by atoms with Crippen LogP contribution < -0.4 is 5.32 Å². The minimum Gasteiger partial charge on any atom is -0.508 e. The Balaban J connectivity index is 1.35. The lowest BCUT2D eigenvalue weighted by atomic mass is 9.98. The molecule has 3 aromatic carbocycles. The molecule has 31 heavy (non-hydrogen) atoms. The van der Waals surface area contributed by atoms with Crippen LogP contribution in [0.15, 0.2) is 66.7 Å². The first-order chi connectivity index (χ1) is 14.9. The number of phenols is 1. The monoisotopic (exact) mass is 419 g/mol. The highest BCUT2D eigenvalue weighted by atomic mass is 16.5. The van der Waals surface area contributed by atoms with Gasteiger partial charge in [-0.15, -0.1) is 0 Å². The fourth-order valence-electron chi connectivity index (χ4n) is 4.13. The molecule has 1 amide bonds. The number of fused-ring (bicyclic) bond motifs is 3. The molecule has 1 aliphatic rings. The summed E-state index contributed by atoms with van der Waals surface area (Å²) in [4.78, 5) is 12.2. The lowest BCUT2D eigenvalue weighted by molar-refractivity contribution is 0.0184. The Morgan fingerprint density at radius 1 is 1.00 bits per heavy atom. The van der Waals surface area contributed by atoms with Crippen molar-refractivity contribution in [3.05, 3.63) is 89.0 Å². The van der Waals surface area contributed by atoms with Crippen LogP contribution >= 0.6 is 0 Å². The Kier molecular flexibility index (Phi) is 5.93. The number of aromatic hydroxyl groups is 1. The molecule has 4 rings (SSSR count). The summed E-state index contributed by atoms with van der Waals surface area (Å²) in [6.45, 7) is 1.76. The van der Waals surface area contributed by atoms with E-state index in [1.807, 2.05) is 36.4 Å². The van der Waals surface area contributed by atoms with Gasteiger partial charge in [0.1, 0.15) is 24.6 Å². The molecule has 0 radical (unpaired) electrons. The van der Waals surface area contributed by atoms with E-state index < -0.39 is 18.3 Å². The number of hydrogen-bond donors (Lipinski definition) is 4. The molecule has 0 fully saturated rings. The quantitative estimate of drug-likeness (QED) is 0.489. The van der Waals surface area contributed by atoms with Gasteiger partial charge in [-0.3, -0.25) is 0 Å². The van der Waals surface area contributed by atoms with Gasteiger partial charge in [0.25, 0.3) is 0 Å². The van der Waals surface area contributed by atoms with Gasteiger partial charge in [0.15, 0.2) is 0 Å². The van der Waals surface area contributed by atoms with Crippen molar-refractivity contribution >= 4 is 6.09 Å². The Hall–Kier alpha value is -3.35. The SMILES string of the molecule is Cc1cc(O)cc(C(O)C(O)CNC(=O)OCC2c3ccccc3-c3ccccc32)c1. The summed E-state index contributed by atoms with van der Waals surface area (Å²) in [6.07, 6.45) is -3.17. The molecule has 0 aliphatic heterocycles. The maximum absolute atomic E-state index is 12.2. The normalized spacial score (nSPS) is 14.4. The van der Waals surface area contributed by atoms with Gasteiger partial charge in [0.2, 0.25) is 0 Å². The first kappa shape index (κ1) is 20.9. The third-order valence-corrected chi connectivity index (χ3v) is 5.59. The minimum absolute atomic E-state index is 0.00532. The number of ether oxygens (including phenoxy) is 1. The number of rotatable bonds is 6. The summed E-state index contributed by atoms with van der Waals surface area (Å²) in [7, 11) is 0. The number of carbonyl (C=O) groups excluding carboxylic acids is 1. The number of phenolic OH excluding ortho intramolecular Hbond substituents is 1. The molecule has 2 unspecified atom stereocenters. The van der Waals surface area contributed by atoms with Crippen LogP contribution in [0.4, 0.5) is 4.79 Å². The topological polar surface area (TPSA) is 99.0 Å². The van der Waals surface area contributed by atoms with E-state index in [0.717, 1.165) is 27.8 Å². The predicted molar refractivity (Wildman–Crippen MR) is 117 cm³/mol. The molecular formula is C25H25NO5. The lowest BCUT2D eigenvalue weighted by Gasteiger charge is -2.20. The summed E-state index contributed by atoms with van der Waals surface area (Å²) < 4.78 is 5.43. The molecule has 2 atom stereocenters. The number of alkyl carbamates (subject to hydrolysis) is 1. The molecular weight excluding hydrogens is 394 g/mol. The van der Waals surface area contributed by atoms with Crippen LogP contribution in [0.1, 0.15) is 34.3 Å². The van der Waals surface area contributed by atoms with Crippen LogP contribution in [0.3, 0.4) is 0 Å². The zero-order chi connectivity index (χ0) is 22.0. The van der Waals surface area contributed by atoms with Gasteiger partial charge >= 0.3 is 6.09 Å². The molecule has 0 spiro atoms. The van der Waals surface area contributed by atoms with Crippen molar-refractivity contribution in [3.8, 4) is 16.9 Å². The largest absolute Gasteiger partial charge is 0.508 e. The zero-order valence-electron chi connectivity index (χ0n) is 17.2. The molecule has 3 aromatic rings. The fraction of sp³-hybridized carbons (Fsp3) is 0.240. The van der Waals surface area contributed by atoms with Crippen LogP contribution in [0.2, 0.25) is 0 Å². The van der Waals surface area contributed by atoms with E-state index in [4.69, 9.17) is 4.74 Å². The molecule has 6 heteroatoms. The van der Waals surface area contributed by atoms with Crippen molar-refractivity contribution in [2.24, 2.45) is 0 Å². The second-order valence-corrected chi connectivity index (χ2v) is 7.82. The van der Waals surface area contributed by atoms with Crippen molar-refractivity contribution in [3.63, 3.8) is 0 Å². The van der Waals surface area contributed by atoms with Crippen LogP contribution in [0.25, 0.3) is 11.1 Å². The van der Waals surface area contributed by atoms with E-state index in [0.29, 0.717) is 5.56 Å². The average Bonchev–Trinajstić information content (AvgIpc) is 3.08. The van der Waals surface area contributed by atoms with E-state index in [1.54, 1.807) is 19.1 Å². The number of aryl methyl sites for hydroxylation is 1. The van der Waals surface area contributed by atoms with E-state index in [2.05, 4.69) is 17.4 Å². The van der Waals surface area contributed by atoms with Gasteiger partial charge in [-0.2, -0.15) is 0 Å².